The van der Waals surface area contributed by atoms with Crippen molar-refractivity contribution in [2.75, 3.05) is 26.2 Å². The summed E-state index contributed by atoms with van der Waals surface area (Å²) in [6.45, 7) is 5.97. The maximum absolute atomic E-state index is 12.2. The molecule has 2 N–H and O–H groups in total. The Hall–Kier alpha value is -0.260. The Labute approximate surface area is 102 Å². The number of alkyl halides is 2. The van der Waals surface area contributed by atoms with E-state index in [9.17, 15) is 8.78 Å². The van der Waals surface area contributed by atoms with Crippen LogP contribution in [0.4, 0.5) is 8.78 Å². The lowest BCUT2D eigenvalue weighted by atomic mass is 9.91. The van der Waals surface area contributed by atoms with Gasteiger partial charge in [-0.25, -0.2) is 8.78 Å². The number of aliphatic hydroxyl groups is 1. The van der Waals surface area contributed by atoms with Crippen LogP contribution in [0, 0.1) is 5.92 Å². The molecular weight excluding hydrogens is 226 g/mol. The summed E-state index contributed by atoms with van der Waals surface area (Å²) in [4.78, 5) is 2.30. The number of likely N-dealkylation sites (tertiary alicyclic amines) is 1. The molecule has 0 radical (unpaired) electrons. The van der Waals surface area contributed by atoms with Crippen LogP contribution in [0.1, 0.15) is 26.7 Å². The van der Waals surface area contributed by atoms with Crippen LogP contribution in [0.2, 0.25) is 0 Å². The van der Waals surface area contributed by atoms with E-state index in [1.165, 1.54) is 0 Å². The van der Waals surface area contributed by atoms with Crippen molar-refractivity contribution in [1.29, 1.82) is 0 Å². The van der Waals surface area contributed by atoms with E-state index in [1.54, 1.807) is 0 Å². The Balaban J connectivity index is 2.46. The quantitative estimate of drug-likeness (QED) is 0.746. The molecule has 0 bridgehead atoms. The molecule has 0 aromatic rings. The number of piperidine rings is 1. The average molecular weight is 250 g/mol. The SMILES string of the molecule is CC(C)N1CC(CCO)CC(NCC(F)F)C1. The molecule has 2 unspecified atom stereocenters. The molecule has 1 aliphatic heterocycles. The topological polar surface area (TPSA) is 35.5 Å². The summed E-state index contributed by atoms with van der Waals surface area (Å²) in [6.07, 6.45) is -0.646. The zero-order valence-electron chi connectivity index (χ0n) is 10.7. The third kappa shape index (κ3) is 5.27. The van der Waals surface area contributed by atoms with Crippen molar-refractivity contribution in [3.63, 3.8) is 0 Å². The van der Waals surface area contributed by atoms with Crippen LogP contribution < -0.4 is 5.32 Å². The van der Waals surface area contributed by atoms with Gasteiger partial charge in [0.15, 0.2) is 0 Å². The van der Waals surface area contributed by atoms with E-state index in [0.717, 1.165) is 25.9 Å². The van der Waals surface area contributed by atoms with Crippen LogP contribution in [-0.4, -0.2) is 54.8 Å². The van der Waals surface area contributed by atoms with Crippen molar-refractivity contribution in [3.05, 3.63) is 0 Å². The molecule has 1 fully saturated rings. The molecule has 0 aromatic heterocycles. The molecule has 0 aliphatic carbocycles. The summed E-state index contributed by atoms with van der Waals surface area (Å²) in [5.74, 6) is 0.409. The monoisotopic (exact) mass is 250 g/mol. The van der Waals surface area contributed by atoms with Crippen molar-refractivity contribution in [1.82, 2.24) is 10.2 Å². The summed E-state index contributed by atoms with van der Waals surface area (Å²) in [6, 6.07) is 0.545. The first-order chi connectivity index (χ1) is 8.02. The van der Waals surface area contributed by atoms with Gasteiger partial charge in [-0.2, -0.15) is 0 Å². The van der Waals surface area contributed by atoms with E-state index in [2.05, 4.69) is 24.1 Å². The highest BCUT2D eigenvalue weighted by Gasteiger charge is 2.28. The minimum Gasteiger partial charge on any atom is -0.396 e. The second-order valence-electron chi connectivity index (χ2n) is 5.16. The zero-order chi connectivity index (χ0) is 12.8. The maximum atomic E-state index is 12.2. The van der Waals surface area contributed by atoms with E-state index in [0.29, 0.717) is 12.0 Å². The Morgan fingerprint density at radius 2 is 2.06 bits per heavy atom. The third-order valence-electron chi connectivity index (χ3n) is 3.39. The van der Waals surface area contributed by atoms with E-state index >= 15 is 0 Å². The highest BCUT2D eigenvalue weighted by molar-refractivity contribution is 4.85. The second-order valence-corrected chi connectivity index (χ2v) is 5.16. The van der Waals surface area contributed by atoms with Crippen LogP contribution >= 0.6 is 0 Å². The third-order valence-corrected chi connectivity index (χ3v) is 3.39. The standard InChI is InChI=1S/C12H24F2N2O/c1-9(2)16-7-10(3-4-17)5-11(8-16)15-6-12(13)14/h9-12,15,17H,3-8H2,1-2H3. The minimum atomic E-state index is -2.29. The summed E-state index contributed by atoms with van der Waals surface area (Å²) in [7, 11) is 0. The Kier molecular flexibility index (Phi) is 6.30. The molecular formula is C12H24F2N2O. The van der Waals surface area contributed by atoms with Gasteiger partial charge in [-0.15, -0.1) is 0 Å². The normalized spacial score (nSPS) is 27.0. The fourth-order valence-electron chi connectivity index (χ4n) is 2.46. The number of nitrogens with one attached hydrogen (secondary N) is 1. The fraction of sp³-hybridized carbons (Fsp3) is 1.00. The van der Waals surface area contributed by atoms with Crippen molar-refractivity contribution in [2.24, 2.45) is 5.92 Å². The first kappa shape index (κ1) is 14.8. The van der Waals surface area contributed by atoms with Gasteiger partial charge in [-0.1, -0.05) is 0 Å². The molecule has 0 saturated carbocycles. The molecule has 5 heteroatoms. The molecule has 1 saturated heterocycles. The average Bonchev–Trinajstić information content (AvgIpc) is 2.26. The molecule has 0 amide bonds. The van der Waals surface area contributed by atoms with Gasteiger partial charge in [0.05, 0.1) is 6.54 Å². The lowest BCUT2D eigenvalue weighted by Crippen LogP contribution is -2.52. The van der Waals surface area contributed by atoms with Gasteiger partial charge in [0.1, 0.15) is 0 Å². The second kappa shape index (κ2) is 7.24. The first-order valence-corrected chi connectivity index (χ1v) is 6.39. The van der Waals surface area contributed by atoms with E-state index < -0.39 is 6.43 Å². The van der Waals surface area contributed by atoms with Crippen molar-refractivity contribution < 1.29 is 13.9 Å². The van der Waals surface area contributed by atoms with Crippen LogP contribution in [0.25, 0.3) is 0 Å². The van der Waals surface area contributed by atoms with Gasteiger partial charge in [0, 0.05) is 31.8 Å². The Morgan fingerprint density at radius 3 is 2.59 bits per heavy atom. The van der Waals surface area contributed by atoms with Gasteiger partial charge < -0.3 is 10.4 Å². The fourth-order valence-corrected chi connectivity index (χ4v) is 2.46. The van der Waals surface area contributed by atoms with Crippen LogP contribution in [-0.2, 0) is 0 Å². The van der Waals surface area contributed by atoms with Crippen molar-refractivity contribution in [3.8, 4) is 0 Å². The molecule has 2 atom stereocenters. The summed E-state index contributed by atoms with van der Waals surface area (Å²) in [5.41, 5.74) is 0. The predicted molar refractivity (Wildman–Crippen MR) is 64.3 cm³/mol. The lowest BCUT2D eigenvalue weighted by molar-refractivity contribution is 0.0828. The molecule has 0 aromatic carbocycles. The van der Waals surface area contributed by atoms with E-state index in [1.807, 2.05) is 0 Å². The lowest BCUT2D eigenvalue weighted by Gasteiger charge is -2.40. The van der Waals surface area contributed by atoms with Crippen molar-refractivity contribution >= 4 is 0 Å². The van der Waals surface area contributed by atoms with Crippen molar-refractivity contribution in [2.45, 2.75) is 45.2 Å². The van der Waals surface area contributed by atoms with Gasteiger partial charge in [-0.3, -0.25) is 4.90 Å². The predicted octanol–water partition coefficient (Wildman–Crippen LogP) is 1.32. The summed E-state index contributed by atoms with van der Waals surface area (Å²) >= 11 is 0. The molecule has 1 rings (SSSR count). The minimum absolute atomic E-state index is 0.122. The van der Waals surface area contributed by atoms with Gasteiger partial charge in [-0.05, 0) is 32.6 Å². The molecule has 3 nitrogen and oxygen atoms in total. The van der Waals surface area contributed by atoms with Crippen LogP contribution in [0.5, 0.6) is 0 Å². The highest BCUT2D eigenvalue weighted by atomic mass is 19.3. The molecule has 1 heterocycles. The number of hydrogen-bond donors (Lipinski definition) is 2. The molecule has 102 valence electrons. The van der Waals surface area contributed by atoms with Crippen LogP contribution in [0.15, 0.2) is 0 Å². The van der Waals surface area contributed by atoms with E-state index in [-0.39, 0.29) is 19.2 Å². The maximum Gasteiger partial charge on any atom is 0.250 e. The van der Waals surface area contributed by atoms with E-state index in [4.69, 9.17) is 5.11 Å². The molecule has 1 aliphatic rings. The largest absolute Gasteiger partial charge is 0.396 e. The Bertz CT molecular complexity index is 215. The summed E-state index contributed by atoms with van der Waals surface area (Å²) < 4.78 is 24.3. The van der Waals surface area contributed by atoms with Gasteiger partial charge >= 0.3 is 0 Å². The zero-order valence-corrected chi connectivity index (χ0v) is 10.7. The molecule has 17 heavy (non-hydrogen) atoms. The first-order valence-electron chi connectivity index (χ1n) is 6.39. The van der Waals surface area contributed by atoms with Gasteiger partial charge in [0.2, 0.25) is 0 Å². The van der Waals surface area contributed by atoms with Crippen LogP contribution in [0.3, 0.4) is 0 Å². The van der Waals surface area contributed by atoms with Gasteiger partial charge in [0.25, 0.3) is 6.43 Å². The Morgan fingerprint density at radius 1 is 1.35 bits per heavy atom. The summed E-state index contributed by atoms with van der Waals surface area (Å²) in [5, 5.41) is 11.9. The number of nitrogens with zero attached hydrogens (tertiary/aromatic N) is 1. The number of hydrogen-bond acceptors (Lipinski definition) is 3. The number of aliphatic hydroxyl groups excluding tert-OH is 1. The number of rotatable bonds is 6. The molecule has 0 spiro atoms. The smallest absolute Gasteiger partial charge is 0.250 e. The highest BCUT2D eigenvalue weighted by Crippen LogP contribution is 2.21. The number of halogens is 2.